The van der Waals surface area contributed by atoms with Gasteiger partial charge in [0.1, 0.15) is 0 Å². The van der Waals surface area contributed by atoms with E-state index in [1.54, 1.807) is 18.5 Å². The van der Waals surface area contributed by atoms with Crippen molar-refractivity contribution < 1.29 is 14.3 Å². The highest BCUT2D eigenvalue weighted by atomic mass is 16.5. The minimum absolute atomic E-state index is 0.0384. The molecule has 2 aliphatic heterocycles. The number of carbonyl (C=O) groups is 1. The Morgan fingerprint density at radius 3 is 2.48 bits per heavy atom. The highest BCUT2D eigenvalue weighted by Crippen LogP contribution is 2.30. The van der Waals surface area contributed by atoms with Crippen molar-refractivity contribution in [1.29, 1.82) is 0 Å². The van der Waals surface area contributed by atoms with Crippen molar-refractivity contribution in [3.8, 4) is 11.5 Å². The summed E-state index contributed by atoms with van der Waals surface area (Å²) < 4.78 is 11.3. The fourth-order valence-electron chi connectivity index (χ4n) is 3.30. The van der Waals surface area contributed by atoms with E-state index in [0.29, 0.717) is 26.3 Å². The zero-order valence-corrected chi connectivity index (χ0v) is 15.2. The Kier molecular flexibility index (Phi) is 5.23. The van der Waals surface area contributed by atoms with E-state index >= 15 is 0 Å². The monoisotopic (exact) mass is 365 g/mol. The average Bonchev–Trinajstić information content (AvgIpc) is 2.98. The number of aromatic nitrogens is 1. The number of fused-ring (bicyclic) bond motifs is 1. The van der Waals surface area contributed by atoms with Gasteiger partial charge in [-0.25, -0.2) is 0 Å². The van der Waals surface area contributed by atoms with E-state index in [1.807, 2.05) is 41.3 Å². The van der Waals surface area contributed by atoms with Gasteiger partial charge in [-0.2, -0.15) is 0 Å². The van der Waals surface area contributed by atoms with Gasteiger partial charge in [-0.05, 0) is 35.9 Å². The normalized spacial score (nSPS) is 17.0. The van der Waals surface area contributed by atoms with Crippen LogP contribution in [0.3, 0.4) is 0 Å². The van der Waals surface area contributed by atoms with E-state index in [4.69, 9.17) is 9.47 Å². The quantitative estimate of drug-likeness (QED) is 0.783. The maximum absolute atomic E-state index is 12.5. The standard InChI is InChI=1S/C21H23N3O3/c25-21(24-12-10-23(11-13-24)18-6-8-22-9-7-18)5-3-17-2-4-19-20(16-17)27-15-1-14-26-19/h2-9,16H,1,10-15H2. The molecule has 1 saturated heterocycles. The minimum Gasteiger partial charge on any atom is -0.490 e. The lowest BCUT2D eigenvalue weighted by atomic mass is 10.2. The molecule has 27 heavy (non-hydrogen) atoms. The first-order chi connectivity index (χ1) is 13.3. The fourth-order valence-corrected chi connectivity index (χ4v) is 3.30. The Balaban J connectivity index is 1.35. The minimum atomic E-state index is 0.0384. The lowest BCUT2D eigenvalue weighted by Gasteiger charge is -2.35. The molecule has 0 spiro atoms. The lowest BCUT2D eigenvalue weighted by Crippen LogP contribution is -2.48. The first kappa shape index (κ1) is 17.4. The lowest BCUT2D eigenvalue weighted by molar-refractivity contribution is -0.126. The number of hydrogen-bond acceptors (Lipinski definition) is 5. The molecule has 1 fully saturated rings. The van der Waals surface area contributed by atoms with Gasteiger partial charge in [-0.3, -0.25) is 9.78 Å². The number of pyridine rings is 1. The van der Waals surface area contributed by atoms with Gasteiger partial charge in [0.25, 0.3) is 0 Å². The summed E-state index contributed by atoms with van der Waals surface area (Å²) in [6.07, 6.45) is 7.95. The number of rotatable bonds is 3. The number of amides is 1. The van der Waals surface area contributed by atoms with Crippen molar-refractivity contribution in [1.82, 2.24) is 9.88 Å². The van der Waals surface area contributed by atoms with E-state index in [1.165, 1.54) is 0 Å². The Labute approximate surface area is 159 Å². The Morgan fingerprint density at radius 1 is 0.963 bits per heavy atom. The van der Waals surface area contributed by atoms with Crippen LogP contribution in [0.2, 0.25) is 0 Å². The number of piperazine rings is 1. The number of benzene rings is 1. The number of nitrogens with zero attached hydrogens (tertiary/aromatic N) is 3. The third kappa shape index (κ3) is 4.22. The van der Waals surface area contributed by atoms with Crippen molar-refractivity contribution in [3.63, 3.8) is 0 Å². The molecule has 1 aromatic heterocycles. The van der Waals surface area contributed by atoms with E-state index in [9.17, 15) is 4.79 Å². The summed E-state index contributed by atoms with van der Waals surface area (Å²) in [5, 5.41) is 0. The number of ether oxygens (including phenoxy) is 2. The predicted molar refractivity (Wildman–Crippen MR) is 104 cm³/mol. The van der Waals surface area contributed by atoms with Crippen molar-refractivity contribution in [3.05, 3.63) is 54.4 Å². The predicted octanol–water partition coefficient (Wildman–Crippen LogP) is 2.60. The van der Waals surface area contributed by atoms with Crippen LogP contribution in [0.15, 0.2) is 48.8 Å². The van der Waals surface area contributed by atoms with Crippen LogP contribution in [0.4, 0.5) is 5.69 Å². The Hall–Kier alpha value is -3.02. The second-order valence-electron chi connectivity index (χ2n) is 6.61. The van der Waals surface area contributed by atoms with Gasteiger partial charge in [0, 0.05) is 56.8 Å². The van der Waals surface area contributed by atoms with Crippen molar-refractivity contribution >= 4 is 17.7 Å². The van der Waals surface area contributed by atoms with E-state index < -0.39 is 0 Å². The van der Waals surface area contributed by atoms with E-state index in [2.05, 4.69) is 9.88 Å². The van der Waals surface area contributed by atoms with Gasteiger partial charge in [-0.15, -0.1) is 0 Å². The molecule has 0 atom stereocenters. The molecule has 0 radical (unpaired) electrons. The third-order valence-electron chi connectivity index (χ3n) is 4.81. The first-order valence-electron chi connectivity index (χ1n) is 9.31. The topological polar surface area (TPSA) is 54.9 Å². The molecule has 6 heteroatoms. The van der Waals surface area contributed by atoms with Gasteiger partial charge in [0.05, 0.1) is 13.2 Å². The molecule has 0 N–H and O–H groups in total. The molecule has 0 bridgehead atoms. The van der Waals surface area contributed by atoms with Gasteiger partial charge >= 0.3 is 0 Å². The van der Waals surface area contributed by atoms with E-state index in [0.717, 1.165) is 42.3 Å². The van der Waals surface area contributed by atoms with Crippen LogP contribution < -0.4 is 14.4 Å². The molecule has 0 saturated carbocycles. The van der Waals surface area contributed by atoms with Gasteiger partial charge in [0.2, 0.25) is 5.91 Å². The average molecular weight is 365 g/mol. The summed E-state index contributed by atoms with van der Waals surface area (Å²) in [5.74, 6) is 1.55. The van der Waals surface area contributed by atoms with Gasteiger partial charge in [0.15, 0.2) is 11.5 Å². The molecule has 0 aliphatic carbocycles. The van der Waals surface area contributed by atoms with Crippen LogP contribution >= 0.6 is 0 Å². The number of hydrogen-bond donors (Lipinski definition) is 0. The fraction of sp³-hybridized carbons (Fsp3) is 0.333. The molecule has 6 nitrogen and oxygen atoms in total. The SMILES string of the molecule is O=C(C=Cc1ccc2c(c1)OCCCO2)N1CCN(c2ccncc2)CC1. The summed E-state index contributed by atoms with van der Waals surface area (Å²) >= 11 is 0. The maximum Gasteiger partial charge on any atom is 0.246 e. The summed E-state index contributed by atoms with van der Waals surface area (Å²) in [6.45, 7) is 4.41. The number of anilines is 1. The van der Waals surface area contributed by atoms with Crippen LogP contribution in [0.25, 0.3) is 6.08 Å². The first-order valence-corrected chi connectivity index (χ1v) is 9.31. The zero-order chi connectivity index (χ0) is 18.5. The summed E-state index contributed by atoms with van der Waals surface area (Å²) in [5.41, 5.74) is 2.09. The highest BCUT2D eigenvalue weighted by Gasteiger charge is 2.19. The molecule has 3 heterocycles. The van der Waals surface area contributed by atoms with Gasteiger partial charge < -0.3 is 19.3 Å². The maximum atomic E-state index is 12.5. The Morgan fingerprint density at radius 2 is 1.70 bits per heavy atom. The van der Waals surface area contributed by atoms with Crippen molar-refractivity contribution in [2.75, 3.05) is 44.3 Å². The molecule has 4 rings (SSSR count). The third-order valence-corrected chi connectivity index (χ3v) is 4.81. The molecule has 0 unspecified atom stereocenters. The zero-order valence-electron chi connectivity index (χ0n) is 15.2. The highest BCUT2D eigenvalue weighted by molar-refractivity contribution is 5.92. The number of carbonyl (C=O) groups excluding carboxylic acids is 1. The molecule has 1 aromatic carbocycles. The molecular formula is C21H23N3O3. The summed E-state index contributed by atoms with van der Waals surface area (Å²) in [7, 11) is 0. The van der Waals surface area contributed by atoms with Crippen LogP contribution in [-0.2, 0) is 4.79 Å². The Bertz CT molecular complexity index is 815. The second-order valence-corrected chi connectivity index (χ2v) is 6.61. The summed E-state index contributed by atoms with van der Waals surface area (Å²) in [6, 6.07) is 9.77. The largest absolute Gasteiger partial charge is 0.490 e. The molecule has 140 valence electrons. The summed E-state index contributed by atoms with van der Waals surface area (Å²) in [4.78, 5) is 20.7. The molecular weight excluding hydrogens is 342 g/mol. The van der Waals surface area contributed by atoms with Crippen LogP contribution in [0, 0.1) is 0 Å². The smallest absolute Gasteiger partial charge is 0.246 e. The van der Waals surface area contributed by atoms with E-state index in [-0.39, 0.29) is 5.91 Å². The molecule has 2 aromatic rings. The van der Waals surface area contributed by atoms with Crippen LogP contribution in [-0.4, -0.2) is 55.2 Å². The van der Waals surface area contributed by atoms with Crippen LogP contribution in [0.1, 0.15) is 12.0 Å². The molecule has 1 amide bonds. The van der Waals surface area contributed by atoms with Crippen molar-refractivity contribution in [2.45, 2.75) is 6.42 Å². The van der Waals surface area contributed by atoms with Crippen LogP contribution in [0.5, 0.6) is 11.5 Å². The molecule has 2 aliphatic rings. The second kappa shape index (κ2) is 8.12. The van der Waals surface area contributed by atoms with Gasteiger partial charge in [-0.1, -0.05) is 6.07 Å². The van der Waals surface area contributed by atoms with Crippen molar-refractivity contribution in [2.24, 2.45) is 0 Å².